The number of aliphatic hydroxyl groups is 1. The second kappa shape index (κ2) is 6.98. The van der Waals surface area contributed by atoms with E-state index in [0.717, 1.165) is 0 Å². The molecule has 0 radical (unpaired) electrons. The summed E-state index contributed by atoms with van der Waals surface area (Å²) in [5.41, 5.74) is 0.369. The number of halogens is 2. The summed E-state index contributed by atoms with van der Waals surface area (Å²) in [4.78, 5) is 11.9. The zero-order valence-electron chi connectivity index (χ0n) is 10.4. The fraction of sp³-hybridized carbons (Fsp3) is 0.462. The van der Waals surface area contributed by atoms with Gasteiger partial charge in [0, 0.05) is 6.54 Å². The molecule has 5 heteroatoms. The van der Waals surface area contributed by atoms with E-state index >= 15 is 0 Å². The maximum Gasteiger partial charge on any atom is 0.252 e. The molecule has 3 nitrogen and oxygen atoms in total. The summed E-state index contributed by atoms with van der Waals surface area (Å²) >= 11 is 11.8. The van der Waals surface area contributed by atoms with Crippen LogP contribution in [0.2, 0.25) is 10.0 Å². The largest absolute Gasteiger partial charge is 0.393 e. The van der Waals surface area contributed by atoms with Crippen LogP contribution in [0.1, 0.15) is 30.6 Å². The van der Waals surface area contributed by atoms with Crippen molar-refractivity contribution < 1.29 is 9.90 Å². The summed E-state index contributed by atoms with van der Waals surface area (Å²) in [7, 11) is 0. The maximum atomic E-state index is 11.9. The van der Waals surface area contributed by atoms with Gasteiger partial charge in [-0.3, -0.25) is 4.79 Å². The minimum atomic E-state index is -0.369. The molecule has 2 unspecified atom stereocenters. The molecule has 0 bridgehead atoms. The summed E-state index contributed by atoms with van der Waals surface area (Å²) in [6.45, 7) is 4.19. The molecule has 2 atom stereocenters. The Hall–Kier alpha value is -0.770. The normalized spacial score (nSPS) is 14.1. The predicted molar refractivity (Wildman–Crippen MR) is 74.3 cm³/mol. The second-order valence-corrected chi connectivity index (χ2v) is 5.29. The highest BCUT2D eigenvalue weighted by Crippen LogP contribution is 2.25. The van der Waals surface area contributed by atoms with Gasteiger partial charge in [-0.25, -0.2) is 0 Å². The highest BCUT2D eigenvalue weighted by Gasteiger charge is 2.13. The van der Waals surface area contributed by atoms with E-state index < -0.39 is 0 Å². The molecule has 100 valence electrons. The Balaban J connectivity index is 2.58. The number of nitrogens with one attached hydrogen (secondary N) is 1. The minimum absolute atomic E-state index is 0.201. The van der Waals surface area contributed by atoms with Crippen LogP contribution in [-0.4, -0.2) is 23.7 Å². The van der Waals surface area contributed by atoms with Gasteiger partial charge in [0.05, 0.1) is 21.7 Å². The number of carbonyl (C=O) groups excluding carboxylic acids is 1. The molecule has 1 aromatic rings. The average Bonchev–Trinajstić information content (AvgIpc) is 2.29. The molecule has 0 saturated carbocycles. The zero-order valence-corrected chi connectivity index (χ0v) is 11.9. The molecule has 1 amide bonds. The Morgan fingerprint density at radius 1 is 1.39 bits per heavy atom. The van der Waals surface area contributed by atoms with Gasteiger partial charge < -0.3 is 10.4 Å². The van der Waals surface area contributed by atoms with Crippen molar-refractivity contribution in [3.63, 3.8) is 0 Å². The van der Waals surface area contributed by atoms with Gasteiger partial charge in [0.1, 0.15) is 0 Å². The highest BCUT2D eigenvalue weighted by atomic mass is 35.5. The molecular formula is C13H17Cl2NO2. The molecule has 0 saturated heterocycles. The summed E-state index contributed by atoms with van der Waals surface area (Å²) in [6.07, 6.45) is 0.274. The van der Waals surface area contributed by atoms with Crippen LogP contribution in [0, 0.1) is 5.92 Å². The van der Waals surface area contributed by atoms with E-state index in [1.54, 1.807) is 25.1 Å². The van der Waals surface area contributed by atoms with E-state index in [0.29, 0.717) is 23.6 Å². The van der Waals surface area contributed by atoms with Crippen molar-refractivity contribution in [3.8, 4) is 0 Å². The molecule has 0 fully saturated rings. The number of amides is 1. The molecule has 0 heterocycles. The van der Waals surface area contributed by atoms with E-state index in [4.69, 9.17) is 23.2 Å². The number of rotatable bonds is 5. The number of aliphatic hydroxyl groups excluding tert-OH is 1. The second-order valence-electron chi connectivity index (χ2n) is 4.50. The first-order valence-corrected chi connectivity index (χ1v) is 6.57. The van der Waals surface area contributed by atoms with Gasteiger partial charge in [0.25, 0.3) is 5.91 Å². The molecule has 0 spiro atoms. The van der Waals surface area contributed by atoms with Gasteiger partial charge in [-0.1, -0.05) is 36.2 Å². The highest BCUT2D eigenvalue weighted by molar-refractivity contribution is 6.43. The van der Waals surface area contributed by atoms with Crippen LogP contribution in [0.5, 0.6) is 0 Å². The Bertz CT molecular complexity index is 421. The first-order chi connectivity index (χ1) is 8.41. The van der Waals surface area contributed by atoms with E-state index in [2.05, 4.69) is 5.32 Å². The summed E-state index contributed by atoms with van der Waals surface area (Å²) in [5, 5.41) is 12.6. The number of benzene rings is 1. The molecule has 0 aliphatic rings. The molecule has 0 aromatic heterocycles. The van der Waals surface area contributed by atoms with Crippen LogP contribution in [0.4, 0.5) is 0 Å². The monoisotopic (exact) mass is 289 g/mol. The van der Waals surface area contributed by atoms with Crippen molar-refractivity contribution in [1.29, 1.82) is 0 Å². The van der Waals surface area contributed by atoms with Crippen molar-refractivity contribution in [2.75, 3.05) is 6.54 Å². The van der Waals surface area contributed by atoms with Gasteiger partial charge in [-0.15, -0.1) is 0 Å². The summed E-state index contributed by atoms with van der Waals surface area (Å²) < 4.78 is 0. The minimum Gasteiger partial charge on any atom is -0.393 e. The average molecular weight is 290 g/mol. The quantitative estimate of drug-likeness (QED) is 0.875. The summed E-state index contributed by atoms with van der Waals surface area (Å²) in [6, 6.07) is 4.95. The fourth-order valence-electron chi connectivity index (χ4n) is 1.71. The van der Waals surface area contributed by atoms with Crippen molar-refractivity contribution in [2.24, 2.45) is 5.92 Å². The number of hydrogen-bond acceptors (Lipinski definition) is 2. The predicted octanol–water partition coefficient (Wildman–Crippen LogP) is 3.13. The van der Waals surface area contributed by atoms with E-state index in [1.165, 1.54) is 0 Å². The molecule has 1 rings (SSSR count). The van der Waals surface area contributed by atoms with Crippen LogP contribution >= 0.6 is 23.2 Å². The number of carbonyl (C=O) groups is 1. The van der Waals surface area contributed by atoms with E-state index in [-0.39, 0.29) is 23.0 Å². The van der Waals surface area contributed by atoms with Gasteiger partial charge in [-0.05, 0) is 31.4 Å². The number of hydrogen-bond donors (Lipinski definition) is 2. The van der Waals surface area contributed by atoms with Crippen LogP contribution in [0.15, 0.2) is 18.2 Å². The first kappa shape index (κ1) is 15.3. The Morgan fingerprint density at radius 2 is 2.06 bits per heavy atom. The molecular weight excluding hydrogens is 273 g/mol. The van der Waals surface area contributed by atoms with Crippen LogP contribution in [0.3, 0.4) is 0 Å². The maximum absolute atomic E-state index is 11.9. The lowest BCUT2D eigenvalue weighted by Crippen LogP contribution is -2.29. The lowest BCUT2D eigenvalue weighted by atomic mass is 10.0. The third-order valence-electron chi connectivity index (χ3n) is 2.55. The van der Waals surface area contributed by atoms with Crippen LogP contribution < -0.4 is 5.32 Å². The van der Waals surface area contributed by atoms with Crippen molar-refractivity contribution in [2.45, 2.75) is 26.4 Å². The molecule has 2 N–H and O–H groups in total. The SMILES string of the molecule is CC(O)CC(C)CNC(=O)c1cccc(Cl)c1Cl. The van der Waals surface area contributed by atoms with Crippen molar-refractivity contribution >= 4 is 29.1 Å². The molecule has 1 aromatic carbocycles. The van der Waals surface area contributed by atoms with Crippen LogP contribution in [0.25, 0.3) is 0 Å². The third kappa shape index (κ3) is 4.48. The Kier molecular flexibility index (Phi) is 5.93. The van der Waals surface area contributed by atoms with Crippen molar-refractivity contribution in [1.82, 2.24) is 5.32 Å². The van der Waals surface area contributed by atoms with Gasteiger partial charge in [-0.2, -0.15) is 0 Å². The molecule has 0 aliphatic heterocycles. The smallest absolute Gasteiger partial charge is 0.252 e. The fourth-order valence-corrected chi connectivity index (χ4v) is 2.09. The van der Waals surface area contributed by atoms with Gasteiger partial charge in [0.2, 0.25) is 0 Å². The Labute approximate surface area is 117 Å². The van der Waals surface area contributed by atoms with Gasteiger partial charge >= 0.3 is 0 Å². The summed E-state index contributed by atoms with van der Waals surface area (Å²) in [5.74, 6) is -0.0492. The topological polar surface area (TPSA) is 49.3 Å². The lowest BCUT2D eigenvalue weighted by molar-refractivity contribution is 0.0939. The molecule has 0 aliphatic carbocycles. The zero-order chi connectivity index (χ0) is 13.7. The standard InChI is InChI=1S/C13H17Cl2NO2/c1-8(6-9(2)17)7-16-13(18)10-4-3-5-11(14)12(10)15/h3-5,8-9,17H,6-7H2,1-2H3,(H,16,18). The Morgan fingerprint density at radius 3 is 2.67 bits per heavy atom. The van der Waals surface area contributed by atoms with Gasteiger partial charge in [0.15, 0.2) is 0 Å². The first-order valence-electron chi connectivity index (χ1n) is 5.82. The van der Waals surface area contributed by atoms with E-state index in [9.17, 15) is 9.90 Å². The third-order valence-corrected chi connectivity index (χ3v) is 3.37. The van der Waals surface area contributed by atoms with Crippen LogP contribution in [-0.2, 0) is 0 Å². The molecule has 18 heavy (non-hydrogen) atoms. The lowest BCUT2D eigenvalue weighted by Gasteiger charge is -2.14. The van der Waals surface area contributed by atoms with E-state index in [1.807, 2.05) is 6.92 Å². The van der Waals surface area contributed by atoms with Crippen molar-refractivity contribution in [3.05, 3.63) is 33.8 Å².